The maximum atomic E-state index is 12.6. The Kier molecular flexibility index (Phi) is 4.53. The molecule has 0 aliphatic rings. The zero-order chi connectivity index (χ0) is 18.8. The summed E-state index contributed by atoms with van der Waals surface area (Å²) >= 11 is 0. The molecule has 2 aromatic heterocycles. The van der Waals surface area contributed by atoms with E-state index in [2.05, 4.69) is 25.8 Å². The van der Waals surface area contributed by atoms with Crippen molar-refractivity contribution in [3.8, 4) is 11.4 Å². The summed E-state index contributed by atoms with van der Waals surface area (Å²) in [6, 6.07) is 7.18. The van der Waals surface area contributed by atoms with E-state index in [0.717, 1.165) is 5.56 Å². The second-order valence-electron chi connectivity index (χ2n) is 5.78. The molecule has 0 unspecified atom stereocenters. The number of carbonyl (C=O) groups excluding carboxylic acids is 2. The van der Waals surface area contributed by atoms with E-state index in [4.69, 9.17) is 4.74 Å². The van der Waals surface area contributed by atoms with Crippen molar-refractivity contribution in [2.45, 2.75) is 13.8 Å². The third-order valence-corrected chi connectivity index (χ3v) is 4.05. The molecule has 0 atom stereocenters. The SMILES string of the molecule is COC(=O)c1c(C)[nH]c(C(=O)Nc2cccc(-c3nnnn3C)c2)c1C. The Morgan fingerprint density at radius 1 is 1.27 bits per heavy atom. The molecule has 1 amide bonds. The van der Waals surface area contributed by atoms with Crippen LogP contribution in [-0.4, -0.2) is 44.2 Å². The van der Waals surface area contributed by atoms with Crippen molar-refractivity contribution < 1.29 is 14.3 Å². The van der Waals surface area contributed by atoms with Crippen molar-refractivity contribution in [2.24, 2.45) is 7.05 Å². The maximum absolute atomic E-state index is 12.6. The molecular weight excluding hydrogens is 336 g/mol. The number of benzene rings is 1. The first-order chi connectivity index (χ1) is 12.4. The molecule has 0 saturated carbocycles. The van der Waals surface area contributed by atoms with Gasteiger partial charge in [-0.1, -0.05) is 12.1 Å². The number of ether oxygens (including phenoxy) is 1. The number of hydrogen-bond donors (Lipinski definition) is 2. The number of aromatic nitrogens is 5. The normalized spacial score (nSPS) is 10.6. The van der Waals surface area contributed by atoms with E-state index in [1.54, 1.807) is 43.8 Å². The van der Waals surface area contributed by atoms with E-state index in [0.29, 0.717) is 34.0 Å². The van der Waals surface area contributed by atoms with Crippen LogP contribution >= 0.6 is 0 Å². The lowest BCUT2D eigenvalue weighted by Gasteiger charge is -2.07. The summed E-state index contributed by atoms with van der Waals surface area (Å²) in [4.78, 5) is 27.4. The van der Waals surface area contributed by atoms with Crippen LogP contribution in [0.4, 0.5) is 5.69 Å². The van der Waals surface area contributed by atoms with E-state index in [-0.39, 0.29) is 5.91 Å². The molecule has 2 N–H and O–H groups in total. The first-order valence-electron chi connectivity index (χ1n) is 7.84. The average molecular weight is 354 g/mol. The largest absolute Gasteiger partial charge is 0.465 e. The number of nitrogens with one attached hydrogen (secondary N) is 2. The second-order valence-corrected chi connectivity index (χ2v) is 5.78. The molecule has 0 saturated heterocycles. The van der Waals surface area contributed by atoms with Gasteiger partial charge in [-0.15, -0.1) is 5.10 Å². The van der Waals surface area contributed by atoms with Crippen LogP contribution in [0.15, 0.2) is 24.3 Å². The lowest BCUT2D eigenvalue weighted by atomic mass is 10.1. The highest BCUT2D eigenvalue weighted by atomic mass is 16.5. The van der Waals surface area contributed by atoms with Crippen molar-refractivity contribution >= 4 is 17.6 Å². The van der Waals surface area contributed by atoms with E-state index < -0.39 is 5.97 Å². The molecular formula is C17H18N6O3. The Morgan fingerprint density at radius 2 is 2.04 bits per heavy atom. The Labute approximate surface area is 149 Å². The number of aryl methyl sites for hydroxylation is 2. The van der Waals surface area contributed by atoms with Gasteiger partial charge in [-0.3, -0.25) is 4.79 Å². The molecule has 9 nitrogen and oxygen atoms in total. The van der Waals surface area contributed by atoms with E-state index in [1.165, 1.54) is 7.11 Å². The number of hydrogen-bond acceptors (Lipinski definition) is 6. The Morgan fingerprint density at radius 3 is 2.69 bits per heavy atom. The van der Waals surface area contributed by atoms with Crippen LogP contribution in [0.2, 0.25) is 0 Å². The molecule has 2 heterocycles. The van der Waals surface area contributed by atoms with Crippen LogP contribution in [0.3, 0.4) is 0 Å². The zero-order valence-corrected chi connectivity index (χ0v) is 14.8. The summed E-state index contributed by atoms with van der Waals surface area (Å²) in [5, 5.41) is 14.2. The molecule has 0 spiro atoms. The average Bonchev–Trinajstić information content (AvgIpc) is 3.17. The minimum atomic E-state index is -0.480. The first-order valence-corrected chi connectivity index (χ1v) is 7.84. The molecule has 9 heteroatoms. The number of nitrogens with zero attached hydrogens (tertiary/aromatic N) is 4. The minimum Gasteiger partial charge on any atom is -0.465 e. The molecule has 3 rings (SSSR count). The molecule has 0 aliphatic carbocycles. The molecule has 26 heavy (non-hydrogen) atoms. The van der Waals surface area contributed by atoms with Gasteiger partial charge in [0.1, 0.15) is 5.69 Å². The molecule has 0 bridgehead atoms. The van der Waals surface area contributed by atoms with Crippen LogP contribution in [0.1, 0.15) is 32.1 Å². The molecule has 134 valence electrons. The summed E-state index contributed by atoms with van der Waals surface area (Å²) in [5.41, 5.74) is 3.16. The lowest BCUT2D eigenvalue weighted by molar-refractivity contribution is 0.0599. The van der Waals surface area contributed by atoms with Crippen molar-refractivity contribution in [1.82, 2.24) is 25.2 Å². The third-order valence-electron chi connectivity index (χ3n) is 4.05. The number of methoxy groups -OCH3 is 1. The number of amides is 1. The van der Waals surface area contributed by atoms with E-state index in [1.807, 2.05) is 6.07 Å². The standard InChI is InChI=1S/C17H18N6O3/c1-9-13(17(25)26-4)10(2)18-14(9)16(24)19-12-7-5-6-11(8-12)15-20-21-22-23(15)3/h5-8,18H,1-4H3,(H,19,24). The molecule has 0 radical (unpaired) electrons. The molecule has 0 aliphatic heterocycles. The smallest absolute Gasteiger partial charge is 0.339 e. The topological polar surface area (TPSA) is 115 Å². The minimum absolute atomic E-state index is 0.314. The fourth-order valence-corrected chi connectivity index (χ4v) is 2.79. The maximum Gasteiger partial charge on any atom is 0.339 e. The molecule has 0 fully saturated rings. The lowest BCUT2D eigenvalue weighted by Crippen LogP contribution is -2.14. The number of tetrazole rings is 1. The first kappa shape index (κ1) is 17.3. The van der Waals surface area contributed by atoms with E-state index in [9.17, 15) is 9.59 Å². The van der Waals surface area contributed by atoms with Crippen LogP contribution < -0.4 is 5.32 Å². The quantitative estimate of drug-likeness (QED) is 0.691. The fourth-order valence-electron chi connectivity index (χ4n) is 2.79. The number of anilines is 1. The van der Waals surface area contributed by atoms with Crippen LogP contribution in [0.5, 0.6) is 0 Å². The van der Waals surface area contributed by atoms with Crippen LogP contribution in [-0.2, 0) is 11.8 Å². The van der Waals surface area contributed by atoms with Gasteiger partial charge in [0.15, 0.2) is 5.82 Å². The Hall–Kier alpha value is -3.49. The summed E-state index contributed by atoms with van der Waals surface area (Å²) in [6.45, 7) is 3.42. The van der Waals surface area contributed by atoms with Gasteiger partial charge in [0, 0.05) is 24.0 Å². The zero-order valence-electron chi connectivity index (χ0n) is 14.8. The summed E-state index contributed by atoms with van der Waals surface area (Å²) in [6.07, 6.45) is 0. The molecule has 1 aromatic carbocycles. The van der Waals surface area contributed by atoms with Gasteiger partial charge in [-0.2, -0.15) is 0 Å². The summed E-state index contributed by atoms with van der Waals surface area (Å²) < 4.78 is 6.31. The fraction of sp³-hybridized carbons (Fsp3) is 0.235. The van der Waals surface area contributed by atoms with Gasteiger partial charge in [-0.25, -0.2) is 9.48 Å². The number of esters is 1. The monoisotopic (exact) mass is 354 g/mol. The van der Waals surface area contributed by atoms with Crippen LogP contribution in [0.25, 0.3) is 11.4 Å². The Bertz CT molecular complexity index is 988. The van der Waals surface area contributed by atoms with Crippen molar-refractivity contribution in [1.29, 1.82) is 0 Å². The van der Waals surface area contributed by atoms with Crippen molar-refractivity contribution in [3.63, 3.8) is 0 Å². The predicted octanol–water partition coefficient (Wildman–Crippen LogP) is 1.86. The number of aromatic amines is 1. The highest BCUT2D eigenvalue weighted by Gasteiger charge is 2.22. The van der Waals surface area contributed by atoms with Crippen molar-refractivity contribution in [2.75, 3.05) is 12.4 Å². The van der Waals surface area contributed by atoms with Gasteiger partial charge in [0.25, 0.3) is 5.91 Å². The van der Waals surface area contributed by atoms with Gasteiger partial charge in [-0.05, 0) is 42.0 Å². The van der Waals surface area contributed by atoms with Gasteiger partial charge >= 0.3 is 5.97 Å². The summed E-state index contributed by atoms with van der Waals surface area (Å²) in [7, 11) is 3.04. The predicted molar refractivity (Wildman–Crippen MR) is 93.8 cm³/mol. The van der Waals surface area contributed by atoms with Gasteiger partial charge in [0.2, 0.25) is 0 Å². The third kappa shape index (κ3) is 3.06. The van der Waals surface area contributed by atoms with Gasteiger partial charge < -0.3 is 15.0 Å². The van der Waals surface area contributed by atoms with Crippen molar-refractivity contribution in [3.05, 3.63) is 46.8 Å². The van der Waals surface area contributed by atoms with Crippen LogP contribution in [0, 0.1) is 13.8 Å². The highest BCUT2D eigenvalue weighted by Crippen LogP contribution is 2.22. The number of H-pyrrole nitrogens is 1. The van der Waals surface area contributed by atoms with Gasteiger partial charge in [0.05, 0.1) is 12.7 Å². The summed E-state index contributed by atoms with van der Waals surface area (Å²) in [5.74, 6) is -0.248. The Balaban J connectivity index is 1.88. The van der Waals surface area contributed by atoms with E-state index >= 15 is 0 Å². The second kappa shape index (κ2) is 6.79. The number of carbonyl (C=O) groups is 2. The molecule has 3 aromatic rings. The highest BCUT2D eigenvalue weighted by molar-refractivity contribution is 6.07. The number of rotatable bonds is 4.